The van der Waals surface area contributed by atoms with E-state index >= 15 is 0 Å². The topological polar surface area (TPSA) is 59.8 Å². The zero-order valence-electron chi connectivity index (χ0n) is 12.9. The summed E-state index contributed by atoms with van der Waals surface area (Å²) in [5.74, 6) is -0.214. The van der Waals surface area contributed by atoms with Crippen molar-refractivity contribution in [3.05, 3.63) is 72.1 Å². The fourth-order valence-corrected chi connectivity index (χ4v) is 3.41. The minimum absolute atomic E-state index is 0.214. The molecule has 2 aromatic carbocycles. The van der Waals surface area contributed by atoms with Gasteiger partial charge in [-0.1, -0.05) is 41.7 Å². The smallest absolute Gasteiger partial charge is 0.260 e. The molecule has 0 aliphatic rings. The van der Waals surface area contributed by atoms with E-state index < -0.39 is 0 Å². The lowest BCUT2D eigenvalue weighted by Crippen LogP contribution is -2.10. The molecule has 5 nitrogen and oxygen atoms in total. The van der Waals surface area contributed by atoms with E-state index in [2.05, 4.69) is 15.4 Å². The number of aryl methyl sites for hydroxylation is 1. The van der Waals surface area contributed by atoms with Crippen molar-refractivity contribution in [3.63, 3.8) is 0 Å². The molecule has 0 saturated carbocycles. The van der Waals surface area contributed by atoms with Crippen molar-refractivity contribution in [2.45, 2.75) is 6.92 Å². The normalized spacial score (nSPS) is 10.9. The first kappa shape index (κ1) is 14.6. The molecule has 0 unspecified atom stereocenters. The molecule has 4 rings (SSSR count). The molecule has 6 heteroatoms. The number of carbonyl (C=O) groups excluding carboxylic acids is 1. The van der Waals surface area contributed by atoms with Crippen LogP contribution in [0.1, 0.15) is 15.9 Å². The van der Waals surface area contributed by atoms with Crippen LogP contribution in [0.15, 0.2) is 60.9 Å². The third-order valence-corrected chi connectivity index (χ3v) is 4.64. The SMILES string of the molecule is Cc1cccc2sc(NC(=O)c3cnn(-c4ccccc4)c3)nc12. The number of benzene rings is 2. The third kappa shape index (κ3) is 2.68. The number of amides is 1. The first-order chi connectivity index (χ1) is 11.7. The number of thiazole rings is 1. The van der Waals surface area contributed by atoms with E-state index in [1.807, 2.05) is 55.5 Å². The number of rotatable bonds is 3. The Morgan fingerprint density at radius 3 is 2.75 bits per heavy atom. The third-order valence-electron chi connectivity index (χ3n) is 3.71. The second-order valence-electron chi connectivity index (χ2n) is 5.40. The van der Waals surface area contributed by atoms with Gasteiger partial charge in [0, 0.05) is 6.20 Å². The summed E-state index contributed by atoms with van der Waals surface area (Å²) in [7, 11) is 0. The molecule has 118 valence electrons. The van der Waals surface area contributed by atoms with Crippen molar-refractivity contribution in [2.24, 2.45) is 0 Å². The fraction of sp³-hybridized carbons (Fsp3) is 0.0556. The monoisotopic (exact) mass is 334 g/mol. The number of nitrogens with one attached hydrogen (secondary N) is 1. The molecular formula is C18H14N4OS. The number of carbonyl (C=O) groups is 1. The van der Waals surface area contributed by atoms with Crippen LogP contribution in [-0.2, 0) is 0 Å². The molecule has 24 heavy (non-hydrogen) atoms. The van der Waals surface area contributed by atoms with Gasteiger partial charge in [0.05, 0.1) is 27.7 Å². The number of hydrogen-bond acceptors (Lipinski definition) is 4. The summed E-state index contributed by atoms with van der Waals surface area (Å²) >= 11 is 1.47. The van der Waals surface area contributed by atoms with Crippen molar-refractivity contribution < 1.29 is 4.79 Å². The van der Waals surface area contributed by atoms with Crippen molar-refractivity contribution in [1.29, 1.82) is 0 Å². The number of para-hydroxylation sites is 2. The zero-order valence-corrected chi connectivity index (χ0v) is 13.7. The predicted molar refractivity (Wildman–Crippen MR) is 95.9 cm³/mol. The van der Waals surface area contributed by atoms with Crippen molar-refractivity contribution in [1.82, 2.24) is 14.8 Å². The van der Waals surface area contributed by atoms with E-state index in [0.717, 1.165) is 21.5 Å². The fourth-order valence-electron chi connectivity index (χ4n) is 2.47. The van der Waals surface area contributed by atoms with Crippen LogP contribution >= 0.6 is 11.3 Å². The molecule has 0 radical (unpaired) electrons. The largest absolute Gasteiger partial charge is 0.298 e. The van der Waals surface area contributed by atoms with E-state index in [0.29, 0.717) is 10.7 Å². The second kappa shape index (κ2) is 5.90. The van der Waals surface area contributed by atoms with Crippen LogP contribution < -0.4 is 5.32 Å². The van der Waals surface area contributed by atoms with E-state index in [1.54, 1.807) is 17.1 Å². The average molecular weight is 334 g/mol. The van der Waals surface area contributed by atoms with Crippen LogP contribution in [0.25, 0.3) is 15.9 Å². The zero-order chi connectivity index (χ0) is 16.5. The number of aromatic nitrogens is 3. The molecule has 1 N–H and O–H groups in total. The second-order valence-corrected chi connectivity index (χ2v) is 6.43. The Kier molecular flexibility index (Phi) is 3.59. The van der Waals surface area contributed by atoms with Crippen LogP contribution in [0.5, 0.6) is 0 Å². The van der Waals surface area contributed by atoms with Crippen LogP contribution in [0.4, 0.5) is 5.13 Å². The highest BCUT2D eigenvalue weighted by Gasteiger charge is 2.13. The Bertz CT molecular complexity index is 1020. The van der Waals surface area contributed by atoms with Crippen molar-refractivity contribution >= 4 is 32.6 Å². The minimum Gasteiger partial charge on any atom is -0.298 e. The summed E-state index contributed by atoms with van der Waals surface area (Å²) in [6.45, 7) is 2.01. The van der Waals surface area contributed by atoms with Crippen LogP contribution in [0.2, 0.25) is 0 Å². The summed E-state index contributed by atoms with van der Waals surface area (Å²) < 4.78 is 2.74. The molecule has 0 fully saturated rings. The number of hydrogen-bond donors (Lipinski definition) is 1. The molecule has 0 aliphatic heterocycles. The van der Waals surface area contributed by atoms with E-state index in [-0.39, 0.29) is 5.91 Å². The van der Waals surface area contributed by atoms with Gasteiger partial charge in [0.2, 0.25) is 0 Å². The van der Waals surface area contributed by atoms with Gasteiger partial charge in [-0.15, -0.1) is 0 Å². The Balaban J connectivity index is 1.58. The summed E-state index contributed by atoms with van der Waals surface area (Å²) in [5, 5.41) is 7.69. The van der Waals surface area contributed by atoms with Gasteiger partial charge >= 0.3 is 0 Å². The van der Waals surface area contributed by atoms with Crippen molar-refractivity contribution in [3.8, 4) is 5.69 Å². The molecule has 1 amide bonds. The highest BCUT2D eigenvalue weighted by molar-refractivity contribution is 7.22. The summed E-state index contributed by atoms with van der Waals surface area (Å²) in [4.78, 5) is 16.9. The molecule has 0 aliphatic carbocycles. The lowest BCUT2D eigenvalue weighted by Gasteiger charge is -1.99. The first-order valence-corrected chi connectivity index (χ1v) is 8.30. The Labute approximate surface area is 142 Å². The molecule has 2 heterocycles. The molecule has 2 aromatic heterocycles. The summed E-state index contributed by atoms with van der Waals surface area (Å²) in [6, 6.07) is 15.7. The van der Waals surface area contributed by atoms with E-state index in [1.165, 1.54) is 11.3 Å². The molecule has 0 spiro atoms. The van der Waals surface area contributed by atoms with Gasteiger partial charge in [-0.05, 0) is 30.7 Å². The van der Waals surface area contributed by atoms with Gasteiger partial charge in [-0.3, -0.25) is 10.1 Å². The highest BCUT2D eigenvalue weighted by Crippen LogP contribution is 2.28. The summed E-state index contributed by atoms with van der Waals surface area (Å²) in [6.07, 6.45) is 3.27. The minimum atomic E-state index is -0.214. The number of fused-ring (bicyclic) bond motifs is 1. The highest BCUT2D eigenvalue weighted by atomic mass is 32.1. The molecule has 0 saturated heterocycles. The Morgan fingerprint density at radius 2 is 1.96 bits per heavy atom. The van der Waals surface area contributed by atoms with E-state index in [9.17, 15) is 4.79 Å². The quantitative estimate of drug-likeness (QED) is 0.615. The van der Waals surface area contributed by atoms with Crippen LogP contribution in [0, 0.1) is 6.92 Å². The Hall–Kier alpha value is -2.99. The van der Waals surface area contributed by atoms with Gasteiger partial charge in [-0.2, -0.15) is 5.10 Å². The Morgan fingerprint density at radius 1 is 1.12 bits per heavy atom. The maximum Gasteiger partial charge on any atom is 0.260 e. The van der Waals surface area contributed by atoms with Crippen LogP contribution in [-0.4, -0.2) is 20.7 Å². The summed E-state index contributed by atoms with van der Waals surface area (Å²) in [5.41, 5.74) is 3.43. The van der Waals surface area contributed by atoms with Crippen LogP contribution in [0.3, 0.4) is 0 Å². The molecule has 4 aromatic rings. The van der Waals surface area contributed by atoms with Crippen molar-refractivity contribution in [2.75, 3.05) is 5.32 Å². The van der Waals surface area contributed by atoms with Gasteiger partial charge in [0.1, 0.15) is 0 Å². The lowest BCUT2D eigenvalue weighted by molar-refractivity contribution is 0.102. The average Bonchev–Trinajstić information content (AvgIpc) is 3.23. The lowest BCUT2D eigenvalue weighted by atomic mass is 10.2. The van der Waals surface area contributed by atoms with E-state index in [4.69, 9.17) is 0 Å². The molecular weight excluding hydrogens is 320 g/mol. The van der Waals surface area contributed by atoms with Gasteiger partial charge in [-0.25, -0.2) is 9.67 Å². The standard InChI is InChI=1S/C18H14N4OS/c1-12-6-5-9-15-16(12)20-18(24-15)21-17(23)13-10-19-22(11-13)14-7-3-2-4-8-14/h2-11H,1H3,(H,20,21,23). The molecule has 0 atom stereocenters. The number of anilines is 1. The van der Waals surface area contributed by atoms with Gasteiger partial charge in [0.15, 0.2) is 5.13 Å². The van der Waals surface area contributed by atoms with Gasteiger partial charge in [0.25, 0.3) is 5.91 Å². The molecule has 0 bridgehead atoms. The predicted octanol–water partition coefficient (Wildman–Crippen LogP) is 4.04. The first-order valence-electron chi connectivity index (χ1n) is 7.48. The van der Waals surface area contributed by atoms with Gasteiger partial charge < -0.3 is 0 Å². The maximum atomic E-state index is 12.4. The maximum absolute atomic E-state index is 12.4. The number of nitrogens with zero attached hydrogens (tertiary/aromatic N) is 3.